The zero-order chi connectivity index (χ0) is 11.4. The van der Waals surface area contributed by atoms with E-state index >= 15 is 0 Å². The van der Waals surface area contributed by atoms with Crippen molar-refractivity contribution in [1.29, 1.82) is 0 Å². The first kappa shape index (κ1) is 12.2. The van der Waals surface area contributed by atoms with E-state index in [1.165, 1.54) is 0 Å². The van der Waals surface area contributed by atoms with Crippen LogP contribution in [0.4, 0.5) is 5.82 Å². The SMILES string of the molecule is CCC(C)CNc1nnc(Cl)c(C)c1C. The quantitative estimate of drug-likeness (QED) is 0.859. The second-order valence-corrected chi connectivity index (χ2v) is 4.34. The molecule has 1 rings (SSSR count). The highest BCUT2D eigenvalue weighted by Gasteiger charge is 2.08. The van der Waals surface area contributed by atoms with Gasteiger partial charge >= 0.3 is 0 Å². The molecule has 84 valence electrons. The van der Waals surface area contributed by atoms with E-state index in [1.807, 2.05) is 13.8 Å². The van der Waals surface area contributed by atoms with E-state index in [9.17, 15) is 0 Å². The number of hydrogen-bond donors (Lipinski definition) is 1. The lowest BCUT2D eigenvalue weighted by atomic mass is 10.1. The minimum absolute atomic E-state index is 0.488. The van der Waals surface area contributed by atoms with Gasteiger partial charge in [-0.3, -0.25) is 0 Å². The minimum Gasteiger partial charge on any atom is -0.368 e. The third kappa shape index (κ3) is 3.06. The maximum absolute atomic E-state index is 5.87. The van der Waals surface area contributed by atoms with Crippen LogP contribution < -0.4 is 5.32 Å². The summed E-state index contributed by atoms with van der Waals surface area (Å²) in [7, 11) is 0. The molecule has 0 aliphatic rings. The van der Waals surface area contributed by atoms with Crippen molar-refractivity contribution >= 4 is 17.4 Å². The molecule has 0 aliphatic heterocycles. The summed E-state index contributed by atoms with van der Waals surface area (Å²) in [4.78, 5) is 0. The fraction of sp³-hybridized carbons (Fsp3) is 0.636. The van der Waals surface area contributed by atoms with Crippen LogP contribution in [0, 0.1) is 19.8 Å². The molecule has 15 heavy (non-hydrogen) atoms. The van der Waals surface area contributed by atoms with Crippen molar-refractivity contribution in [3.05, 3.63) is 16.3 Å². The fourth-order valence-corrected chi connectivity index (χ4v) is 1.34. The van der Waals surface area contributed by atoms with Crippen LogP contribution >= 0.6 is 11.6 Å². The average Bonchev–Trinajstić information content (AvgIpc) is 2.24. The molecule has 0 bridgehead atoms. The zero-order valence-corrected chi connectivity index (χ0v) is 10.5. The molecule has 1 aromatic rings. The highest BCUT2D eigenvalue weighted by atomic mass is 35.5. The van der Waals surface area contributed by atoms with Crippen molar-refractivity contribution in [2.45, 2.75) is 34.1 Å². The van der Waals surface area contributed by atoms with Gasteiger partial charge in [-0.1, -0.05) is 31.9 Å². The van der Waals surface area contributed by atoms with Gasteiger partial charge in [-0.2, -0.15) is 0 Å². The number of halogens is 1. The minimum atomic E-state index is 0.488. The second-order valence-electron chi connectivity index (χ2n) is 3.98. The first-order valence-corrected chi connectivity index (χ1v) is 5.67. The van der Waals surface area contributed by atoms with Gasteiger partial charge in [0.05, 0.1) is 0 Å². The predicted molar refractivity (Wildman–Crippen MR) is 64.5 cm³/mol. The van der Waals surface area contributed by atoms with Gasteiger partial charge in [0.1, 0.15) is 0 Å². The normalized spacial score (nSPS) is 12.6. The number of rotatable bonds is 4. The number of anilines is 1. The van der Waals surface area contributed by atoms with Gasteiger partial charge in [0.25, 0.3) is 0 Å². The Morgan fingerprint density at radius 1 is 1.27 bits per heavy atom. The number of nitrogens with zero attached hydrogens (tertiary/aromatic N) is 2. The zero-order valence-electron chi connectivity index (χ0n) is 9.76. The molecule has 1 N–H and O–H groups in total. The van der Waals surface area contributed by atoms with E-state index in [-0.39, 0.29) is 0 Å². The molecule has 3 nitrogen and oxygen atoms in total. The third-order valence-electron chi connectivity index (χ3n) is 2.78. The molecule has 0 saturated heterocycles. The van der Waals surface area contributed by atoms with E-state index in [1.54, 1.807) is 0 Å². The van der Waals surface area contributed by atoms with Gasteiger partial charge in [-0.25, -0.2) is 0 Å². The Hall–Kier alpha value is -0.830. The average molecular weight is 228 g/mol. The molecular weight excluding hydrogens is 210 g/mol. The van der Waals surface area contributed by atoms with Crippen molar-refractivity contribution < 1.29 is 0 Å². The van der Waals surface area contributed by atoms with Crippen molar-refractivity contribution in [1.82, 2.24) is 10.2 Å². The van der Waals surface area contributed by atoms with E-state index in [2.05, 4.69) is 29.4 Å². The molecule has 4 heteroatoms. The molecule has 0 saturated carbocycles. The largest absolute Gasteiger partial charge is 0.368 e. The summed E-state index contributed by atoms with van der Waals surface area (Å²) in [5.41, 5.74) is 2.08. The summed E-state index contributed by atoms with van der Waals surface area (Å²) in [5.74, 6) is 1.49. The van der Waals surface area contributed by atoms with Crippen molar-refractivity contribution in [2.75, 3.05) is 11.9 Å². The van der Waals surface area contributed by atoms with Crippen LogP contribution in [0.2, 0.25) is 5.15 Å². The van der Waals surface area contributed by atoms with Crippen LogP contribution in [0.25, 0.3) is 0 Å². The summed E-state index contributed by atoms with van der Waals surface area (Å²) in [6.07, 6.45) is 1.16. The highest BCUT2D eigenvalue weighted by Crippen LogP contribution is 2.20. The Kier molecular flexibility index (Phi) is 4.33. The molecule has 0 fully saturated rings. The van der Waals surface area contributed by atoms with E-state index in [0.717, 1.165) is 29.9 Å². The first-order chi connectivity index (χ1) is 7.06. The van der Waals surface area contributed by atoms with Gasteiger partial charge in [-0.15, -0.1) is 10.2 Å². The molecule has 0 amide bonds. The molecule has 1 atom stereocenters. The Labute approximate surface area is 96.2 Å². The van der Waals surface area contributed by atoms with Crippen molar-refractivity contribution in [2.24, 2.45) is 5.92 Å². The molecular formula is C11H18ClN3. The summed E-state index contributed by atoms with van der Waals surface area (Å²) in [6, 6.07) is 0. The lowest BCUT2D eigenvalue weighted by Gasteiger charge is -2.13. The lowest BCUT2D eigenvalue weighted by molar-refractivity contribution is 0.591. The Balaban J connectivity index is 2.74. The van der Waals surface area contributed by atoms with Crippen LogP contribution in [-0.4, -0.2) is 16.7 Å². The third-order valence-corrected chi connectivity index (χ3v) is 3.14. The molecule has 1 unspecified atom stereocenters. The Morgan fingerprint density at radius 2 is 1.93 bits per heavy atom. The van der Waals surface area contributed by atoms with Crippen molar-refractivity contribution in [3.63, 3.8) is 0 Å². The van der Waals surface area contributed by atoms with E-state index in [0.29, 0.717) is 11.1 Å². The summed E-state index contributed by atoms with van der Waals surface area (Å²) >= 11 is 5.87. The number of hydrogen-bond acceptors (Lipinski definition) is 3. The van der Waals surface area contributed by atoms with Gasteiger partial charge in [-0.05, 0) is 30.9 Å². The maximum atomic E-state index is 5.87. The van der Waals surface area contributed by atoms with Gasteiger partial charge in [0.2, 0.25) is 0 Å². The Morgan fingerprint density at radius 3 is 2.53 bits per heavy atom. The predicted octanol–water partition coefficient (Wildman–Crippen LogP) is 3.20. The van der Waals surface area contributed by atoms with Crippen molar-refractivity contribution in [3.8, 4) is 0 Å². The Bertz CT molecular complexity index is 339. The topological polar surface area (TPSA) is 37.8 Å². The van der Waals surface area contributed by atoms with Gasteiger partial charge < -0.3 is 5.32 Å². The second kappa shape index (κ2) is 5.31. The standard InChI is InChI=1S/C11H18ClN3/c1-5-7(2)6-13-11-9(4)8(3)10(12)14-15-11/h7H,5-6H2,1-4H3,(H,13,15). The van der Waals surface area contributed by atoms with E-state index < -0.39 is 0 Å². The molecule has 0 aromatic carbocycles. The van der Waals surface area contributed by atoms with Gasteiger partial charge in [0.15, 0.2) is 11.0 Å². The summed E-state index contributed by atoms with van der Waals surface area (Å²) in [6.45, 7) is 9.28. The van der Waals surface area contributed by atoms with Crippen LogP contribution in [0.15, 0.2) is 0 Å². The molecule has 0 aliphatic carbocycles. The van der Waals surface area contributed by atoms with Crippen LogP contribution in [0.5, 0.6) is 0 Å². The van der Waals surface area contributed by atoms with Crippen LogP contribution in [0.1, 0.15) is 31.4 Å². The smallest absolute Gasteiger partial charge is 0.155 e. The van der Waals surface area contributed by atoms with E-state index in [4.69, 9.17) is 11.6 Å². The molecule has 1 heterocycles. The number of nitrogens with one attached hydrogen (secondary N) is 1. The van der Waals surface area contributed by atoms with Crippen LogP contribution in [0.3, 0.4) is 0 Å². The van der Waals surface area contributed by atoms with Gasteiger partial charge in [0, 0.05) is 6.54 Å². The monoisotopic (exact) mass is 227 g/mol. The maximum Gasteiger partial charge on any atom is 0.155 e. The summed E-state index contributed by atoms with van der Waals surface area (Å²) < 4.78 is 0. The highest BCUT2D eigenvalue weighted by molar-refractivity contribution is 6.30. The number of aromatic nitrogens is 2. The molecule has 0 spiro atoms. The fourth-order valence-electron chi connectivity index (χ4n) is 1.16. The lowest BCUT2D eigenvalue weighted by Crippen LogP contribution is -2.13. The molecule has 1 aromatic heterocycles. The summed E-state index contributed by atoms with van der Waals surface area (Å²) in [5, 5.41) is 11.7. The van der Waals surface area contributed by atoms with Crippen LogP contribution in [-0.2, 0) is 0 Å². The molecule has 0 radical (unpaired) electrons. The first-order valence-electron chi connectivity index (χ1n) is 5.29.